The number of fused-ring (bicyclic) bond motifs is 1. The van der Waals surface area contributed by atoms with Gasteiger partial charge in [0.05, 0.1) is 13.0 Å². The van der Waals surface area contributed by atoms with Crippen LogP contribution in [0.2, 0.25) is 0 Å². The van der Waals surface area contributed by atoms with Crippen LogP contribution in [0.1, 0.15) is 28.4 Å². The van der Waals surface area contributed by atoms with E-state index >= 15 is 0 Å². The lowest BCUT2D eigenvalue weighted by Gasteiger charge is -2.40. The molecule has 6 atom stereocenters. The molecule has 2 heterocycles. The van der Waals surface area contributed by atoms with E-state index in [-0.39, 0.29) is 23.5 Å². The third kappa shape index (κ3) is 3.98. The molecule has 178 valence electrons. The first kappa shape index (κ1) is 22.9. The van der Waals surface area contributed by atoms with Gasteiger partial charge in [0, 0.05) is 6.07 Å². The second-order valence-corrected chi connectivity index (χ2v) is 7.74. The molecular weight excluding hydrogens is 444 g/mol. The van der Waals surface area contributed by atoms with E-state index in [4.69, 9.17) is 14.2 Å². The molecule has 12 heteroatoms. The molecule has 6 unspecified atom stereocenters. The first-order valence-electron chi connectivity index (χ1n) is 9.90. The summed E-state index contributed by atoms with van der Waals surface area (Å²) in [6, 6.07) is 4.85. The molecule has 2 aromatic rings. The number of aliphatic hydroxyl groups is 4. The number of rotatable bonds is 4. The summed E-state index contributed by atoms with van der Waals surface area (Å²) in [6.45, 7) is -0.724. The molecule has 2 aromatic carbocycles. The average Bonchev–Trinajstić information content (AvgIpc) is 2.78. The third-order valence-electron chi connectivity index (χ3n) is 5.57. The highest BCUT2D eigenvalue weighted by atomic mass is 16.7. The number of ether oxygens (including phenoxy) is 3. The first-order chi connectivity index (χ1) is 15.6. The lowest BCUT2D eigenvalue weighted by atomic mass is 9.94. The summed E-state index contributed by atoms with van der Waals surface area (Å²) < 4.78 is 16.4. The number of benzene rings is 2. The van der Waals surface area contributed by atoms with Crippen molar-refractivity contribution in [3.8, 4) is 34.5 Å². The maximum atomic E-state index is 13.0. The Morgan fingerprint density at radius 2 is 1.67 bits per heavy atom. The molecule has 33 heavy (non-hydrogen) atoms. The summed E-state index contributed by atoms with van der Waals surface area (Å²) in [5, 5.41) is 79.1. The summed E-state index contributed by atoms with van der Waals surface area (Å²) in [4.78, 5) is 13.0. The Morgan fingerprint density at radius 1 is 0.939 bits per heavy atom. The summed E-state index contributed by atoms with van der Waals surface area (Å²) in [6.07, 6.45) is -9.45. The molecule has 1 fully saturated rings. The van der Waals surface area contributed by atoms with Gasteiger partial charge in [-0.1, -0.05) is 6.07 Å². The van der Waals surface area contributed by atoms with Gasteiger partial charge in [-0.25, -0.2) is 0 Å². The molecular formula is C21H22O12. The Morgan fingerprint density at radius 3 is 2.33 bits per heavy atom. The van der Waals surface area contributed by atoms with Crippen molar-refractivity contribution >= 4 is 5.78 Å². The van der Waals surface area contributed by atoms with Gasteiger partial charge in [0.2, 0.25) is 12.0 Å². The van der Waals surface area contributed by atoms with Gasteiger partial charge in [-0.05, 0) is 17.7 Å². The van der Waals surface area contributed by atoms with Crippen LogP contribution >= 0.6 is 0 Å². The van der Waals surface area contributed by atoms with Crippen molar-refractivity contribution < 1.29 is 59.9 Å². The molecule has 4 rings (SSSR count). The molecule has 2 aliphatic heterocycles. The third-order valence-corrected chi connectivity index (χ3v) is 5.57. The number of hydrogen-bond acceptors (Lipinski definition) is 12. The standard InChI is InChI=1S/C21H22O12/c22-6-14-17(28)18(29)19(30)21(32-14)33-20-15-10(25)4-12(7-1-2-8(23)9(24)3-7)31-13(15)5-11(26)16(20)27/h1-3,5,12,14,17-19,21-24,26-30H,4,6H2. The first-order valence-corrected chi connectivity index (χ1v) is 9.90. The van der Waals surface area contributed by atoms with Gasteiger partial charge in [-0.15, -0.1) is 0 Å². The van der Waals surface area contributed by atoms with Crippen molar-refractivity contribution in [2.24, 2.45) is 0 Å². The molecule has 2 aliphatic rings. The van der Waals surface area contributed by atoms with Crippen molar-refractivity contribution in [1.82, 2.24) is 0 Å². The zero-order valence-corrected chi connectivity index (χ0v) is 16.9. The molecule has 0 aromatic heterocycles. The summed E-state index contributed by atoms with van der Waals surface area (Å²) in [5.41, 5.74) is 0.0785. The highest BCUT2D eigenvalue weighted by molar-refractivity contribution is 6.03. The smallest absolute Gasteiger partial charge is 0.229 e. The maximum Gasteiger partial charge on any atom is 0.229 e. The Kier molecular flexibility index (Phi) is 5.95. The highest BCUT2D eigenvalue weighted by Crippen LogP contribution is 2.49. The van der Waals surface area contributed by atoms with Gasteiger partial charge in [0.25, 0.3) is 0 Å². The largest absolute Gasteiger partial charge is 0.504 e. The van der Waals surface area contributed by atoms with Gasteiger partial charge in [0.15, 0.2) is 28.8 Å². The minimum absolute atomic E-state index is 0.182. The predicted octanol–water partition coefficient (Wildman–Crippen LogP) is -0.606. The Hall–Kier alpha value is -3.29. The quantitative estimate of drug-likeness (QED) is 0.266. The van der Waals surface area contributed by atoms with Gasteiger partial charge >= 0.3 is 0 Å². The van der Waals surface area contributed by atoms with E-state index in [1.54, 1.807) is 0 Å². The Bertz CT molecular complexity index is 1070. The highest BCUT2D eigenvalue weighted by Gasteiger charge is 2.46. The number of hydrogen-bond donors (Lipinski definition) is 8. The lowest BCUT2D eigenvalue weighted by Crippen LogP contribution is -2.60. The Labute approximate surface area is 186 Å². The van der Waals surface area contributed by atoms with Crippen LogP contribution in [0, 0.1) is 0 Å². The number of Topliss-reactive ketones (excluding diaryl/α,β-unsaturated/α-hetero) is 1. The van der Waals surface area contributed by atoms with E-state index in [1.807, 2.05) is 0 Å². The molecule has 1 saturated heterocycles. The van der Waals surface area contributed by atoms with Crippen molar-refractivity contribution in [2.75, 3.05) is 6.61 Å². The van der Waals surface area contributed by atoms with E-state index in [2.05, 4.69) is 0 Å². The number of carbonyl (C=O) groups is 1. The molecule has 0 aliphatic carbocycles. The number of aliphatic hydroxyl groups excluding tert-OH is 4. The molecule has 0 bridgehead atoms. The van der Waals surface area contributed by atoms with E-state index in [0.29, 0.717) is 5.56 Å². The number of phenolic OH excluding ortho intramolecular Hbond substituents is 4. The van der Waals surface area contributed by atoms with Crippen LogP contribution in [-0.2, 0) is 4.74 Å². The van der Waals surface area contributed by atoms with Crippen molar-refractivity contribution in [2.45, 2.75) is 43.2 Å². The number of carbonyl (C=O) groups excluding carboxylic acids is 1. The van der Waals surface area contributed by atoms with E-state index < -0.39 is 72.2 Å². The van der Waals surface area contributed by atoms with Gasteiger partial charge in [-0.3, -0.25) is 4.79 Å². The number of ketones is 1. The fraction of sp³-hybridized carbons (Fsp3) is 0.381. The fourth-order valence-electron chi connectivity index (χ4n) is 3.76. The van der Waals surface area contributed by atoms with Gasteiger partial charge in [0.1, 0.15) is 41.8 Å². The zero-order chi connectivity index (χ0) is 24.0. The molecule has 0 spiro atoms. The molecule has 8 N–H and O–H groups in total. The zero-order valence-electron chi connectivity index (χ0n) is 16.9. The minimum Gasteiger partial charge on any atom is -0.504 e. The molecule has 0 radical (unpaired) electrons. The van der Waals surface area contributed by atoms with Crippen LogP contribution in [0.3, 0.4) is 0 Å². The SMILES string of the molecule is O=C1CC(c2ccc(O)c(O)c2)Oc2cc(O)c(O)c(OC3OC(CO)C(O)C(O)C3O)c21. The molecule has 12 nitrogen and oxygen atoms in total. The molecule has 0 saturated carbocycles. The summed E-state index contributed by atoms with van der Waals surface area (Å²) in [7, 11) is 0. The Balaban J connectivity index is 1.68. The second kappa shape index (κ2) is 8.57. The van der Waals surface area contributed by atoms with Gasteiger partial charge < -0.3 is 55.1 Å². The topological polar surface area (TPSA) is 207 Å². The van der Waals surface area contributed by atoms with Crippen LogP contribution in [0.5, 0.6) is 34.5 Å². The van der Waals surface area contributed by atoms with Crippen LogP contribution in [0.15, 0.2) is 24.3 Å². The van der Waals surface area contributed by atoms with Crippen LogP contribution in [-0.4, -0.2) is 83.9 Å². The van der Waals surface area contributed by atoms with Crippen LogP contribution in [0.4, 0.5) is 0 Å². The summed E-state index contributed by atoms with van der Waals surface area (Å²) >= 11 is 0. The average molecular weight is 466 g/mol. The predicted molar refractivity (Wildman–Crippen MR) is 106 cm³/mol. The van der Waals surface area contributed by atoms with Gasteiger partial charge in [-0.2, -0.15) is 0 Å². The van der Waals surface area contributed by atoms with Crippen molar-refractivity contribution in [3.05, 3.63) is 35.4 Å². The second-order valence-electron chi connectivity index (χ2n) is 7.74. The van der Waals surface area contributed by atoms with Crippen molar-refractivity contribution in [1.29, 1.82) is 0 Å². The fourth-order valence-corrected chi connectivity index (χ4v) is 3.76. The van der Waals surface area contributed by atoms with E-state index in [0.717, 1.165) is 6.07 Å². The van der Waals surface area contributed by atoms with Crippen LogP contribution in [0.25, 0.3) is 0 Å². The van der Waals surface area contributed by atoms with Crippen molar-refractivity contribution in [3.63, 3.8) is 0 Å². The van der Waals surface area contributed by atoms with E-state index in [9.17, 15) is 45.6 Å². The lowest BCUT2D eigenvalue weighted by molar-refractivity contribution is -0.277. The van der Waals surface area contributed by atoms with E-state index in [1.165, 1.54) is 18.2 Å². The maximum absolute atomic E-state index is 13.0. The number of phenols is 4. The molecule has 0 amide bonds. The monoisotopic (exact) mass is 466 g/mol. The normalized spacial score (nSPS) is 29.3. The number of aromatic hydroxyl groups is 4. The summed E-state index contributed by atoms with van der Waals surface area (Å²) in [5.74, 6) is -3.74. The minimum atomic E-state index is -1.83. The van der Waals surface area contributed by atoms with Crippen LogP contribution < -0.4 is 9.47 Å².